The van der Waals surface area contributed by atoms with Gasteiger partial charge >= 0.3 is 0 Å². The van der Waals surface area contributed by atoms with Gasteiger partial charge in [-0.15, -0.1) is 0 Å². The molecule has 5 heteroatoms. The van der Waals surface area contributed by atoms with E-state index in [0.717, 1.165) is 0 Å². The first-order chi connectivity index (χ1) is 6.11. The fraction of sp³-hybridized carbons (Fsp3) is 0.250. The van der Waals surface area contributed by atoms with Crippen molar-refractivity contribution in [1.82, 2.24) is 5.32 Å². The number of rotatable bonds is 0. The van der Waals surface area contributed by atoms with Crippen LogP contribution in [0.25, 0.3) is 11.1 Å². The van der Waals surface area contributed by atoms with Crippen LogP contribution in [0.2, 0.25) is 0 Å². The molecule has 0 fully saturated rings. The summed E-state index contributed by atoms with van der Waals surface area (Å²) in [4.78, 5) is 0. The lowest BCUT2D eigenvalue weighted by Gasteiger charge is -2.10. The summed E-state index contributed by atoms with van der Waals surface area (Å²) in [5, 5.41) is 2.75. The first-order valence-corrected chi connectivity index (χ1v) is 4.77. The maximum absolute atomic E-state index is 8.59. The lowest BCUT2D eigenvalue weighted by Crippen LogP contribution is -1.89. The van der Waals surface area contributed by atoms with Gasteiger partial charge in [0.15, 0.2) is 0 Å². The Bertz CT molecular complexity index is 277. The predicted octanol–water partition coefficient (Wildman–Crippen LogP) is 0.573. The van der Waals surface area contributed by atoms with Gasteiger partial charge in [0.2, 0.25) is 0 Å². The molecule has 2 N–H and O–H groups in total. The Labute approximate surface area is 79.4 Å². The molecule has 0 spiro atoms. The summed E-state index contributed by atoms with van der Waals surface area (Å²) in [5.74, 6) is 0. The molecule has 0 bridgehead atoms. The van der Waals surface area contributed by atoms with Crippen LogP contribution in [0.5, 0.6) is 0 Å². The molecule has 2 aliphatic rings. The zero-order valence-electron chi connectivity index (χ0n) is 7.52. The summed E-state index contributed by atoms with van der Waals surface area (Å²) in [6.45, 7) is 0. The van der Waals surface area contributed by atoms with Gasteiger partial charge in [-0.05, 0) is 25.2 Å². The van der Waals surface area contributed by atoms with Crippen LogP contribution in [-0.2, 0) is 11.0 Å². The lowest BCUT2D eigenvalue weighted by atomic mass is 9.95. The Balaban J connectivity index is 0.000000184. The zero-order valence-corrected chi connectivity index (χ0v) is 8.41. The van der Waals surface area contributed by atoms with Crippen molar-refractivity contribution in [3.05, 3.63) is 24.3 Å². The fourth-order valence-electron chi connectivity index (χ4n) is 0.663. The number of hydrogen-bond acceptors (Lipinski definition) is 3. The first-order valence-electron chi connectivity index (χ1n) is 3.64. The third-order valence-electron chi connectivity index (χ3n) is 1.22. The molecule has 0 atom stereocenters. The molecule has 13 heavy (non-hydrogen) atoms. The Morgan fingerprint density at radius 1 is 1.08 bits per heavy atom. The third kappa shape index (κ3) is 5.35. The number of nitrogens with one attached hydrogen (secondary N) is 1. The minimum atomic E-state index is -3.12. The average Bonchev–Trinajstić information content (AvgIpc) is 1.97. The highest BCUT2D eigenvalue weighted by Crippen LogP contribution is 2.29. The Kier molecular flexibility index (Phi) is 6.13. The van der Waals surface area contributed by atoms with Gasteiger partial charge in [0, 0.05) is 0 Å². The molecule has 0 radical (unpaired) electrons. The Morgan fingerprint density at radius 3 is 1.23 bits per heavy atom. The Hall–Kier alpha value is -0.910. The largest absolute Gasteiger partial charge is 0.323 e. The molecule has 0 saturated heterocycles. The monoisotopic (exact) mass is 203 g/mol. The second-order valence-electron chi connectivity index (χ2n) is 2.32. The molecular formula is C8H13NO3S. The van der Waals surface area contributed by atoms with Gasteiger partial charge in [-0.1, -0.05) is 24.3 Å². The van der Waals surface area contributed by atoms with Crippen molar-refractivity contribution in [3.8, 4) is 11.1 Å². The van der Waals surface area contributed by atoms with Crippen molar-refractivity contribution in [1.29, 1.82) is 0 Å². The second-order valence-corrected chi connectivity index (χ2v) is 2.79. The highest BCUT2D eigenvalue weighted by Gasteiger charge is 2.03. The first kappa shape index (κ1) is 12.1. The topological polar surface area (TPSA) is 66.4 Å². The maximum atomic E-state index is 8.59. The van der Waals surface area contributed by atoms with Gasteiger partial charge in [-0.3, -0.25) is 4.55 Å². The number of thiol groups is 1. The highest BCUT2D eigenvalue weighted by molar-refractivity contribution is 7.66. The standard InChI is InChI=1S/C6H4.C2H7N.H2O3S/c1-2-6-4-3-5(1)6;1-3-2;1-4(2)3/h1-4H;3H,1-2H3;4H,(H,1,2,3). The molecule has 0 aromatic heterocycles. The number of benzene rings is 1. The van der Waals surface area contributed by atoms with Gasteiger partial charge in [0.25, 0.3) is 11.0 Å². The van der Waals surface area contributed by atoms with Crippen LogP contribution in [0.3, 0.4) is 0 Å². The van der Waals surface area contributed by atoms with E-state index in [2.05, 4.69) is 29.6 Å². The van der Waals surface area contributed by atoms with E-state index < -0.39 is 11.0 Å². The molecule has 74 valence electrons. The molecule has 0 saturated carbocycles. The SMILES string of the molecule is CNC.O=[SH](=O)O.c1cc2ccc1-2. The van der Waals surface area contributed by atoms with Crippen LogP contribution in [-0.4, -0.2) is 27.1 Å². The van der Waals surface area contributed by atoms with Crippen molar-refractivity contribution in [3.63, 3.8) is 0 Å². The van der Waals surface area contributed by atoms with E-state index in [-0.39, 0.29) is 0 Å². The van der Waals surface area contributed by atoms with Crippen LogP contribution in [0.15, 0.2) is 24.3 Å². The van der Waals surface area contributed by atoms with Crippen LogP contribution in [0, 0.1) is 0 Å². The van der Waals surface area contributed by atoms with Crippen molar-refractivity contribution < 1.29 is 13.0 Å². The molecule has 0 unspecified atom stereocenters. The van der Waals surface area contributed by atoms with Gasteiger partial charge in [-0.2, -0.15) is 0 Å². The minimum Gasteiger partial charge on any atom is -0.323 e. The second kappa shape index (κ2) is 6.59. The van der Waals surface area contributed by atoms with Crippen LogP contribution in [0.1, 0.15) is 0 Å². The summed E-state index contributed by atoms with van der Waals surface area (Å²) in [5.41, 5.74) is 2.85. The fourth-order valence-corrected chi connectivity index (χ4v) is 0.663. The Morgan fingerprint density at radius 2 is 1.23 bits per heavy atom. The van der Waals surface area contributed by atoms with Gasteiger partial charge < -0.3 is 5.32 Å². The van der Waals surface area contributed by atoms with Gasteiger partial charge in [0.05, 0.1) is 0 Å². The van der Waals surface area contributed by atoms with E-state index in [0.29, 0.717) is 0 Å². The normalized spacial score (nSPS) is 9.23. The van der Waals surface area contributed by atoms with Crippen LogP contribution >= 0.6 is 0 Å². The average molecular weight is 203 g/mol. The third-order valence-corrected chi connectivity index (χ3v) is 1.22. The molecule has 0 aliphatic heterocycles. The zero-order chi connectivity index (χ0) is 10.3. The smallest absolute Gasteiger partial charge is 0.254 e. The molecule has 0 amide bonds. The molecule has 0 aromatic carbocycles. The molecule has 0 aromatic rings. The maximum Gasteiger partial charge on any atom is 0.254 e. The van der Waals surface area contributed by atoms with Crippen molar-refractivity contribution in [2.75, 3.05) is 14.1 Å². The molecule has 2 aliphatic carbocycles. The molecule has 4 nitrogen and oxygen atoms in total. The van der Waals surface area contributed by atoms with Gasteiger partial charge in [-0.25, -0.2) is 8.42 Å². The van der Waals surface area contributed by atoms with E-state index in [4.69, 9.17) is 13.0 Å². The summed E-state index contributed by atoms with van der Waals surface area (Å²) >= 11 is 0. The number of hydrogen-bond donors (Lipinski definition) is 3. The van der Waals surface area contributed by atoms with E-state index in [1.165, 1.54) is 11.1 Å². The van der Waals surface area contributed by atoms with E-state index in [9.17, 15) is 0 Å². The molecule has 2 rings (SSSR count). The highest BCUT2D eigenvalue weighted by atomic mass is 32.2. The van der Waals surface area contributed by atoms with Gasteiger partial charge in [0.1, 0.15) is 0 Å². The summed E-state index contributed by atoms with van der Waals surface area (Å²) in [7, 11) is 0.630. The summed E-state index contributed by atoms with van der Waals surface area (Å²) < 4.78 is 24.2. The minimum absolute atomic E-state index is 1.43. The van der Waals surface area contributed by atoms with Crippen LogP contribution < -0.4 is 5.32 Å². The lowest BCUT2D eigenvalue weighted by molar-refractivity contribution is 0.509. The summed E-state index contributed by atoms with van der Waals surface area (Å²) in [6, 6.07) is 8.48. The quantitative estimate of drug-likeness (QED) is 0.432. The predicted molar refractivity (Wildman–Crippen MR) is 53.4 cm³/mol. The number of fused-ring (bicyclic) bond motifs is 1. The van der Waals surface area contributed by atoms with E-state index >= 15 is 0 Å². The molecule has 0 heterocycles. The molecular weight excluding hydrogens is 190 g/mol. The van der Waals surface area contributed by atoms with Crippen molar-refractivity contribution in [2.24, 2.45) is 0 Å². The van der Waals surface area contributed by atoms with Crippen molar-refractivity contribution in [2.45, 2.75) is 0 Å². The van der Waals surface area contributed by atoms with Crippen LogP contribution in [0.4, 0.5) is 0 Å². The van der Waals surface area contributed by atoms with Crippen molar-refractivity contribution >= 4 is 11.0 Å². The van der Waals surface area contributed by atoms with E-state index in [1.54, 1.807) is 0 Å². The van der Waals surface area contributed by atoms with E-state index in [1.807, 2.05) is 14.1 Å². The summed E-state index contributed by atoms with van der Waals surface area (Å²) in [6.07, 6.45) is 0.